The highest BCUT2D eigenvalue weighted by molar-refractivity contribution is 9.10. The standard InChI is InChI=1S/C16H17BrClNO/c1-3-19-10-12-4-6-14(8-11(12)2)20-16-7-5-13(18)9-15(16)17/h4-9,19H,3,10H2,1-2H3. The monoisotopic (exact) mass is 353 g/mol. The summed E-state index contributed by atoms with van der Waals surface area (Å²) in [5.41, 5.74) is 2.50. The quantitative estimate of drug-likeness (QED) is 0.785. The summed E-state index contributed by atoms with van der Waals surface area (Å²) in [7, 11) is 0. The number of hydrogen-bond donors (Lipinski definition) is 1. The van der Waals surface area contributed by atoms with E-state index in [-0.39, 0.29) is 0 Å². The second kappa shape index (κ2) is 7.11. The molecule has 106 valence electrons. The Morgan fingerprint density at radius 1 is 1.20 bits per heavy atom. The molecule has 2 rings (SSSR count). The van der Waals surface area contributed by atoms with Crippen molar-refractivity contribution in [3.63, 3.8) is 0 Å². The average Bonchev–Trinajstić information content (AvgIpc) is 2.41. The van der Waals surface area contributed by atoms with Crippen LogP contribution in [0.3, 0.4) is 0 Å². The normalized spacial score (nSPS) is 10.6. The van der Waals surface area contributed by atoms with Gasteiger partial charge >= 0.3 is 0 Å². The summed E-state index contributed by atoms with van der Waals surface area (Å²) in [4.78, 5) is 0. The van der Waals surface area contributed by atoms with Crippen molar-refractivity contribution in [2.24, 2.45) is 0 Å². The predicted octanol–water partition coefficient (Wildman–Crippen LogP) is 5.31. The molecule has 4 heteroatoms. The molecule has 0 saturated heterocycles. The van der Waals surface area contributed by atoms with Crippen LogP contribution in [0.5, 0.6) is 11.5 Å². The zero-order valence-corrected chi connectivity index (χ0v) is 13.9. The van der Waals surface area contributed by atoms with Crippen molar-refractivity contribution in [3.8, 4) is 11.5 Å². The molecule has 0 spiro atoms. The summed E-state index contributed by atoms with van der Waals surface area (Å²) < 4.78 is 6.73. The summed E-state index contributed by atoms with van der Waals surface area (Å²) in [6.45, 7) is 6.05. The van der Waals surface area contributed by atoms with Crippen LogP contribution in [0, 0.1) is 6.92 Å². The molecule has 0 amide bonds. The van der Waals surface area contributed by atoms with Crippen LogP contribution in [0.15, 0.2) is 40.9 Å². The van der Waals surface area contributed by atoms with Gasteiger partial charge in [-0.05, 0) is 70.9 Å². The molecular weight excluding hydrogens is 338 g/mol. The molecule has 2 aromatic rings. The van der Waals surface area contributed by atoms with Crippen molar-refractivity contribution in [2.45, 2.75) is 20.4 Å². The first-order valence-corrected chi connectivity index (χ1v) is 7.70. The van der Waals surface area contributed by atoms with Gasteiger partial charge in [-0.25, -0.2) is 0 Å². The fourth-order valence-corrected chi connectivity index (χ4v) is 2.64. The zero-order valence-electron chi connectivity index (χ0n) is 11.5. The fourth-order valence-electron chi connectivity index (χ4n) is 1.87. The zero-order chi connectivity index (χ0) is 14.5. The van der Waals surface area contributed by atoms with E-state index in [2.05, 4.69) is 41.2 Å². The summed E-state index contributed by atoms with van der Waals surface area (Å²) >= 11 is 9.37. The lowest BCUT2D eigenvalue weighted by Gasteiger charge is -2.11. The van der Waals surface area contributed by atoms with Gasteiger partial charge in [0.15, 0.2) is 0 Å². The molecule has 0 aliphatic rings. The molecule has 0 fully saturated rings. The Hall–Kier alpha value is -1.03. The number of aryl methyl sites for hydroxylation is 1. The molecule has 0 bridgehead atoms. The maximum absolute atomic E-state index is 5.92. The van der Waals surface area contributed by atoms with Gasteiger partial charge in [0.2, 0.25) is 0 Å². The third-order valence-corrected chi connectivity index (χ3v) is 3.86. The Labute approximate surface area is 133 Å². The maximum atomic E-state index is 5.92. The molecule has 2 aromatic carbocycles. The highest BCUT2D eigenvalue weighted by Crippen LogP contribution is 2.32. The van der Waals surface area contributed by atoms with E-state index in [1.54, 1.807) is 0 Å². The highest BCUT2D eigenvalue weighted by Gasteiger charge is 2.05. The van der Waals surface area contributed by atoms with Crippen LogP contribution in [0.1, 0.15) is 18.1 Å². The number of halogens is 2. The number of ether oxygens (including phenoxy) is 1. The van der Waals surface area contributed by atoms with Gasteiger partial charge in [0.25, 0.3) is 0 Å². The first kappa shape index (κ1) is 15.4. The third-order valence-electron chi connectivity index (χ3n) is 3.00. The number of nitrogens with one attached hydrogen (secondary N) is 1. The molecule has 0 aliphatic carbocycles. The Morgan fingerprint density at radius 2 is 2.00 bits per heavy atom. The number of benzene rings is 2. The van der Waals surface area contributed by atoms with E-state index in [1.165, 1.54) is 11.1 Å². The molecule has 0 aliphatic heterocycles. The summed E-state index contributed by atoms with van der Waals surface area (Å²) in [5, 5.41) is 4.01. The van der Waals surface area contributed by atoms with Crippen molar-refractivity contribution in [1.29, 1.82) is 0 Å². The van der Waals surface area contributed by atoms with E-state index in [0.717, 1.165) is 29.1 Å². The van der Waals surface area contributed by atoms with Crippen LogP contribution < -0.4 is 10.1 Å². The van der Waals surface area contributed by atoms with Crippen molar-refractivity contribution in [2.75, 3.05) is 6.54 Å². The Balaban J connectivity index is 2.15. The van der Waals surface area contributed by atoms with Crippen LogP contribution in [-0.2, 0) is 6.54 Å². The van der Waals surface area contributed by atoms with Gasteiger partial charge in [-0.1, -0.05) is 24.6 Å². The molecule has 0 heterocycles. The number of rotatable bonds is 5. The lowest BCUT2D eigenvalue weighted by molar-refractivity contribution is 0.479. The smallest absolute Gasteiger partial charge is 0.141 e. The minimum Gasteiger partial charge on any atom is -0.456 e. The Bertz CT molecular complexity index is 601. The third kappa shape index (κ3) is 3.98. The molecule has 0 atom stereocenters. The summed E-state index contributed by atoms with van der Waals surface area (Å²) in [6.07, 6.45) is 0. The minimum atomic E-state index is 0.682. The SMILES string of the molecule is CCNCc1ccc(Oc2ccc(Cl)cc2Br)cc1C. The van der Waals surface area contributed by atoms with E-state index in [1.807, 2.05) is 30.3 Å². The lowest BCUT2D eigenvalue weighted by atomic mass is 10.1. The van der Waals surface area contributed by atoms with E-state index < -0.39 is 0 Å². The second-order valence-electron chi connectivity index (χ2n) is 4.55. The second-order valence-corrected chi connectivity index (χ2v) is 5.84. The topological polar surface area (TPSA) is 21.3 Å². The molecule has 0 aromatic heterocycles. The van der Waals surface area contributed by atoms with Gasteiger partial charge in [0.1, 0.15) is 11.5 Å². The van der Waals surface area contributed by atoms with Crippen LogP contribution >= 0.6 is 27.5 Å². The first-order chi connectivity index (χ1) is 9.60. The van der Waals surface area contributed by atoms with Gasteiger partial charge < -0.3 is 10.1 Å². The van der Waals surface area contributed by atoms with Crippen molar-refractivity contribution >= 4 is 27.5 Å². The summed E-state index contributed by atoms with van der Waals surface area (Å²) in [5.74, 6) is 1.58. The molecule has 20 heavy (non-hydrogen) atoms. The fraction of sp³-hybridized carbons (Fsp3) is 0.250. The largest absolute Gasteiger partial charge is 0.456 e. The van der Waals surface area contributed by atoms with Crippen LogP contribution in [0.25, 0.3) is 0 Å². The lowest BCUT2D eigenvalue weighted by Crippen LogP contribution is -2.12. The van der Waals surface area contributed by atoms with Gasteiger partial charge in [-0.3, -0.25) is 0 Å². The maximum Gasteiger partial charge on any atom is 0.141 e. The van der Waals surface area contributed by atoms with Crippen LogP contribution in [-0.4, -0.2) is 6.54 Å². The summed E-state index contributed by atoms with van der Waals surface area (Å²) in [6, 6.07) is 11.6. The van der Waals surface area contributed by atoms with Gasteiger partial charge in [0.05, 0.1) is 4.47 Å². The van der Waals surface area contributed by atoms with Crippen molar-refractivity contribution in [3.05, 3.63) is 57.0 Å². The first-order valence-electron chi connectivity index (χ1n) is 6.53. The predicted molar refractivity (Wildman–Crippen MR) is 87.8 cm³/mol. The molecule has 2 nitrogen and oxygen atoms in total. The number of hydrogen-bond acceptors (Lipinski definition) is 2. The Morgan fingerprint density at radius 3 is 2.65 bits per heavy atom. The van der Waals surface area contributed by atoms with Gasteiger partial charge in [0, 0.05) is 11.6 Å². The van der Waals surface area contributed by atoms with Crippen LogP contribution in [0.4, 0.5) is 0 Å². The van der Waals surface area contributed by atoms with Gasteiger partial charge in [-0.15, -0.1) is 0 Å². The van der Waals surface area contributed by atoms with Crippen molar-refractivity contribution in [1.82, 2.24) is 5.32 Å². The highest BCUT2D eigenvalue weighted by atomic mass is 79.9. The van der Waals surface area contributed by atoms with Gasteiger partial charge in [-0.2, -0.15) is 0 Å². The van der Waals surface area contributed by atoms with Crippen LogP contribution in [0.2, 0.25) is 5.02 Å². The van der Waals surface area contributed by atoms with E-state index >= 15 is 0 Å². The average molecular weight is 355 g/mol. The van der Waals surface area contributed by atoms with E-state index in [4.69, 9.17) is 16.3 Å². The minimum absolute atomic E-state index is 0.682. The molecular formula is C16H17BrClNO. The van der Waals surface area contributed by atoms with E-state index in [9.17, 15) is 0 Å². The Kier molecular flexibility index (Phi) is 5.46. The molecule has 1 N–H and O–H groups in total. The molecule has 0 saturated carbocycles. The van der Waals surface area contributed by atoms with E-state index in [0.29, 0.717) is 5.02 Å². The van der Waals surface area contributed by atoms with Crippen molar-refractivity contribution < 1.29 is 4.74 Å². The molecule has 0 unspecified atom stereocenters. The molecule has 0 radical (unpaired) electrons.